The van der Waals surface area contributed by atoms with Crippen LogP contribution in [0.15, 0.2) is 51.1 Å². The van der Waals surface area contributed by atoms with E-state index >= 15 is 0 Å². The molecule has 0 bridgehead atoms. The third kappa shape index (κ3) is 5.40. The Balaban J connectivity index is 1.62. The number of thioether (sulfide) groups is 1. The highest BCUT2D eigenvalue weighted by molar-refractivity contribution is 7.99. The molecule has 28 heavy (non-hydrogen) atoms. The van der Waals surface area contributed by atoms with Crippen LogP contribution in [0, 0.1) is 0 Å². The smallest absolute Gasteiger partial charge is 0.288 e. The van der Waals surface area contributed by atoms with Crippen LogP contribution in [0.3, 0.4) is 0 Å². The fraction of sp³-hybridized carbons (Fsp3) is 0.167. The Hall–Kier alpha value is -2.72. The minimum absolute atomic E-state index is 0.155. The van der Waals surface area contributed by atoms with Crippen LogP contribution in [0.5, 0.6) is 0 Å². The van der Waals surface area contributed by atoms with E-state index in [1.807, 2.05) is 0 Å². The molecular weight excluding hydrogens is 408 g/mol. The lowest BCUT2D eigenvalue weighted by Gasteiger charge is -2.03. The predicted octanol–water partition coefficient (Wildman–Crippen LogP) is 4.61. The number of hydrogen-bond acceptors (Lipinski definition) is 6. The molecule has 10 heteroatoms. The fourth-order valence-electron chi connectivity index (χ4n) is 2.22. The van der Waals surface area contributed by atoms with Crippen molar-refractivity contribution in [1.82, 2.24) is 10.3 Å². The van der Waals surface area contributed by atoms with Gasteiger partial charge in [-0.05, 0) is 36.4 Å². The summed E-state index contributed by atoms with van der Waals surface area (Å²) in [6.45, 7) is 1.70. The molecule has 0 spiro atoms. The number of aromatic nitrogens is 1. The molecule has 0 aliphatic rings. The van der Waals surface area contributed by atoms with Crippen LogP contribution in [0.2, 0.25) is 0 Å². The molecule has 0 aliphatic carbocycles. The molecule has 2 heterocycles. The summed E-state index contributed by atoms with van der Waals surface area (Å²) in [6.07, 6.45) is 0. The van der Waals surface area contributed by atoms with E-state index in [4.69, 9.17) is 4.42 Å². The van der Waals surface area contributed by atoms with Gasteiger partial charge in [-0.2, -0.15) is 8.78 Å². The molecule has 2 N–H and O–H groups in total. The number of nitrogens with zero attached hydrogens (tertiary/aromatic N) is 1. The zero-order chi connectivity index (χ0) is 20.1. The molecule has 0 unspecified atom stereocenters. The lowest BCUT2D eigenvalue weighted by Crippen LogP contribution is -2.18. The van der Waals surface area contributed by atoms with Crippen molar-refractivity contribution in [2.24, 2.45) is 0 Å². The maximum atomic E-state index is 12.3. The third-order valence-electron chi connectivity index (χ3n) is 3.49. The number of rotatable bonds is 7. The number of alkyl halides is 2. The highest BCUT2D eigenvalue weighted by Gasteiger charge is 2.13. The van der Waals surface area contributed by atoms with Crippen molar-refractivity contribution < 1.29 is 22.8 Å². The summed E-state index contributed by atoms with van der Waals surface area (Å²) >= 11 is 1.65. The van der Waals surface area contributed by atoms with Crippen LogP contribution in [0.4, 0.5) is 13.9 Å². The number of amides is 2. The number of halogens is 2. The molecule has 3 aromatic rings. The van der Waals surface area contributed by atoms with Crippen molar-refractivity contribution in [3.8, 4) is 11.5 Å². The monoisotopic (exact) mass is 423 g/mol. The molecule has 0 saturated carbocycles. The first-order valence-corrected chi connectivity index (χ1v) is 9.82. The van der Waals surface area contributed by atoms with Gasteiger partial charge < -0.3 is 9.73 Å². The van der Waals surface area contributed by atoms with Gasteiger partial charge >= 0.3 is 0 Å². The molecule has 3 rings (SSSR count). The molecule has 1 aromatic carbocycles. The number of benzene rings is 1. The summed E-state index contributed by atoms with van der Waals surface area (Å²) in [4.78, 5) is 27.9. The quantitative estimate of drug-likeness (QED) is 0.543. The first-order chi connectivity index (χ1) is 13.4. The lowest BCUT2D eigenvalue weighted by molar-refractivity contribution is -0.119. The molecule has 2 aromatic heterocycles. The molecule has 0 aliphatic heterocycles. The van der Waals surface area contributed by atoms with E-state index < -0.39 is 5.76 Å². The second kappa shape index (κ2) is 8.98. The molecule has 6 nitrogen and oxygen atoms in total. The summed E-state index contributed by atoms with van der Waals surface area (Å²) < 4.78 is 30.3. The first-order valence-electron chi connectivity index (χ1n) is 8.06. The average molecular weight is 423 g/mol. The zero-order valence-electron chi connectivity index (χ0n) is 14.6. The maximum absolute atomic E-state index is 12.3. The summed E-state index contributed by atoms with van der Waals surface area (Å²) in [7, 11) is 0. The van der Waals surface area contributed by atoms with Crippen LogP contribution < -0.4 is 10.6 Å². The zero-order valence-corrected chi connectivity index (χ0v) is 16.2. The summed E-state index contributed by atoms with van der Waals surface area (Å²) in [5, 5.41) is 7.43. The van der Waals surface area contributed by atoms with E-state index in [9.17, 15) is 18.4 Å². The van der Waals surface area contributed by atoms with E-state index in [0.717, 1.165) is 0 Å². The first kappa shape index (κ1) is 20.0. The average Bonchev–Trinajstić information content (AvgIpc) is 3.29. The minimum Gasteiger partial charge on any atom is -0.458 e. The summed E-state index contributed by atoms with van der Waals surface area (Å²) in [6, 6.07) is 9.38. The minimum atomic E-state index is -2.51. The third-order valence-corrected chi connectivity index (χ3v) is 4.97. The van der Waals surface area contributed by atoms with Crippen molar-refractivity contribution in [1.29, 1.82) is 0 Å². The lowest BCUT2D eigenvalue weighted by atomic mass is 10.2. The van der Waals surface area contributed by atoms with E-state index in [0.29, 0.717) is 44.6 Å². The number of nitrogens with one attached hydrogen (secondary N) is 2. The van der Waals surface area contributed by atoms with Gasteiger partial charge in [0.1, 0.15) is 11.5 Å². The Morgan fingerprint density at radius 1 is 1.21 bits per heavy atom. The van der Waals surface area contributed by atoms with Crippen LogP contribution in [-0.2, 0) is 11.3 Å². The Morgan fingerprint density at radius 2 is 1.96 bits per heavy atom. The van der Waals surface area contributed by atoms with Gasteiger partial charge in [-0.25, -0.2) is 4.98 Å². The molecule has 0 atom stereocenters. The highest BCUT2D eigenvalue weighted by atomic mass is 32.2. The SMILES string of the molecule is CC(=O)NCc1ccc(-c2csc(NC(=O)c3ccc(SC(F)F)cc3)n2)o1. The molecule has 146 valence electrons. The number of furan rings is 1. The number of hydrogen-bond donors (Lipinski definition) is 2. The van der Waals surface area contributed by atoms with Gasteiger partial charge in [0.15, 0.2) is 10.9 Å². The Bertz CT molecular complexity index is 971. The van der Waals surface area contributed by atoms with Gasteiger partial charge in [0.05, 0.1) is 6.54 Å². The molecular formula is C18H15F2N3O3S2. The fourth-order valence-corrected chi connectivity index (χ4v) is 3.42. The van der Waals surface area contributed by atoms with E-state index in [1.54, 1.807) is 17.5 Å². The maximum Gasteiger partial charge on any atom is 0.288 e. The van der Waals surface area contributed by atoms with Crippen LogP contribution in [0.1, 0.15) is 23.0 Å². The predicted molar refractivity (Wildman–Crippen MR) is 104 cm³/mol. The molecule has 2 amide bonds. The standard InChI is InChI=1S/C18H15F2N3O3S2/c1-10(24)21-8-12-4-7-15(26-12)14-9-27-18(22-14)23-16(25)11-2-5-13(6-3-11)28-17(19)20/h2-7,9,17H,8H2,1H3,(H,21,24)(H,22,23,25). The Morgan fingerprint density at radius 3 is 2.64 bits per heavy atom. The van der Waals surface area contributed by atoms with Gasteiger partial charge in [-0.1, -0.05) is 11.8 Å². The Labute approximate surface area is 167 Å². The van der Waals surface area contributed by atoms with Gasteiger partial charge in [-0.15, -0.1) is 11.3 Å². The van der Waals surface area contributed by atoms with E-state index in [-0.39, 0.29) is 18.4 Å². The normalized spacial score (nSPS) is 10.9. The van der Waals surface area contributed by atoms with Gasteiger partial charge in [0.25, 0.3) is 11.7 Å². The molecule has 0 radical (unpaired) electrons. The topological polar surface area (TPSA) is 84.2 Å². The van der Waals surface area contributed by atoms with Gasteiger partial charge in [-0.3, -0.25) is 14.9 Å². The second-order valence-corrected chi connectivity index (χ2v) is 7.49. The number of carbonyl (C=O) groups excluding carboxylic acids is 2. The van der Waals surface area contributed by atoms with Crippen LogP contribution >= 0.6 is 23.1 Å². The second-order valence-electron chi connectivity index (χ2n) is 5.57. The van der Waals surface area contributed by atoms with E-state index in [2.05, 4.69) is 15.6 Å². The molecule has 0 fully saturated rings. The summed E-state index contributed by atoms with van der Waals surface area (Å²) in [5.74, 6) is -1.94. The highest BCUT2D eigenvalue weighted by Crippen LogP contribution is 2.28. The van der Waals surface area contributed by atoms with Crippen molar-refractivity contribution in [2.45, 2.75) is 24.1 Å². The van der Waals surface area contributed by atoms with E-state index in [1.165, 1.54) is 42.5 Å². The van der Waals surface area contributed by atoms with Crippen molar-refractivity contribution >= 4 is 40.0 Å². The van der Waals surface area contributed by atoms with Crippen LogP contribution in [-0.4, -0.2) is 22.6 Å². The summed E-state index contributed by atoms with van der Waals surface area (Å²) in [5.41, 5.74) is 0.893. The number of carbonyl (C=O) groups is 2. The van der Waals surface area contributed by atoms with Crippen molar-refractivity contribution in [3.05, 3.63) is 53.1 Å². The number of anilines is 1. The number of thiazole rings is 1. The van der Waals surface area contributed by atoms with Crippen molar-refractivity contribution in [3.63, 3.8) is 0 Å². The largest absolute Gasteiger partial charge is 0.458 e. The van der Waals surface area contributed by atoms with Gasteiger partial charge in [0, 0.05) is 22.8 Å². The van der Waals surface area contributed by atoms with Crippen molar-refractivity contribution in [2.75, 3.05) is 5.32 Å². The van der Waals surface area contributed by atoms with Gasteiger partial charge in [0.2, 0.25) is 5.91 Å². The Kier molecular flexibility index (Phi) is 6.42. The van der Waals surface area contributed by atoms with Crippen LogP contribution in [0.25, 0.3) is 11.5 Å². The molecule has 0 saturated heterocycles.